The Labute approximate surface area is 237 Å². The maximum Gasteiger partial charge on any atom is 0.410 e. The van der Waals surface area contributed by atoms with E-state index in [2.05, 4.69) is 15.1 Å². The van der Waals surface area contributed by atoms with Gasteiger partial charge in [-0.2, -0.15) is 5.10 Å². The first-order valence-corrected chi connectivity index (χ1v) is 13.5. The topological polar surface area (TPSA) is 169 Å². The molecule has 0 saturated carbocycles. The number of carbonyl (C=O) groups is 2. The second-order valence-corrected chi connectivity index (χ2v) is 11.0. The third-order valence-electron chi connectivity index (χ3n) is 6.56. The molecule has 13 heteroatoms. The highest BCUT2D eigenvalue weighted by Crippen LogP contribution is 2.39. The average molecular weight is 566 g/mol. The molecule has 13 nitrogen and oxygen atoms in total. The van der Waals surface area contributed by atoms with Crippen molar-refractivity contribution in [3.05, 3.63) is 52.0 Å². The number of nitrogens with two attached hydrogens (primary N) is 1. The summed E-state index contributed by atoms with van der Waals surface area (Å²) in [4.78, 5) is 46.3. The van der Waals surface area contributed by atoms with Gasteiger partial charge in [-0.1, -0.05) is 0 Å². The quantitative estimate of drug-likeness (QED) is 0.213. The van der Waals surface area contributed by atoms with Crippen LogP contribution in [-0.4, -0.2) is 66.9 Å². The molecule has 41 heavy (non-hydrogen) atoms. The number of hydrogen-bond donors (Lipinski definition) is 1. The van der Waals surface area contributed by atoms with E-state index in [0.717, 1.165) is 17.8 Å². The zero-order valence-electron chi connectivity index (χ0n) is 23.9. The van der Waals surface area contributed by atoms with Gasteiger partial charge >= 0.3 is 11.8 Å². The Hall–Kier alpha value is -4.55. The number of hydrogen-bond acceptors (Lipinski definition) is 9. The molecule has 1 saturated heterocycles. The molecule has 1 aromatic carbocycles. The van der Waals surface area contributed by atoms with Crippen molar-refractivity contribution in [3.8, 4) is 28.4 Å². The molecule has 0 atom stereocenters. The van der Waals surface area contributed by atoms with Crippen molar-refractivity contribution in [1.82, 2.24) is 24.6 Å². The van der Waals surface area contributed by atoms with Crippen molar-refractivity contribution in [2.24, 2.45) is 11.7 Å². The second-order valence-electron chi connectivity index (χ2n) is 11.0. The maximum atomic E-state index is 12.2. The van der Waals surface area contributed by atoms with Gasteiger partial charge in [-0.3, -0.25) is 19.6 Å². The van der Waals surface area contributed by atoms with Gasteiger partial charge in [0.2, 0.25) is 5.91 Å². The van der Waals surface area contributed by atoms with Crippen molar-refractivity contribution >= 4 is 17.7 Å². The highest BCUT2D eigenvalue weighted by atomic mass is 16.6. The van der Waals surface area contributed by atoms with E-state index in [-0.39, 0.29) is 41.2 Å². The molecule has 218 valence electrons. The van der Waals surface area contributed by atoms with E-state index in [4.69, 9.17) is 15.2 Å². The van der Waals surface area contributed by atoms with Crippen LogP contribution in [-0.2, 0) is 11.3 Å². The Kier molecular flexibility index (Phi) is 8.55. The van der Waals surface area contributed by atoms with Gasteiger partial charge < -0.3 is 20.1 Å². The van der Waals surface area contributed by atoms with Crippen molar-refractivity contribution in [2.75, 3.05) is 19.7 Å². The van der Waals surface area contributed by atoms with Crippen LogP contribution in [0.15, 0.2) is 30.6 Å². The van der Waals surface area contributed by atoms with E-state index < -0.39 is 16.4 Å². The van der Waals surface area contributed by atoms with E-state index >= 15 is 0 Å². The number of ether oxygens (including phenoxy) is 2. The summed E-state index contributed by atoms with van der Waals surface area (Å²) in [6, 6.07) is 4.50. The van der Waals surface area contributed by atoms with Crippen LogP contribution in [0, 0.1) is 23.0 Å². The Morgan fingerprint density at radius 2 is 1.85 bits per heavy atom. The van der Waals surface area contributed by atoms with E-state index in [9.17, 15) is 19.7 Å². The van der Waals surface area contributed by atoms with E-state index in [0.29, 0.717) is 37.4 Å². The largest absolute Gasteiger partial charge is 0.487 e. The molecule has 2 aromatic heterocycles. The minimum absolute atomic E-state index is 0.0611. The predicted octanol–water partition coefficient (Wildman–Crippen LogP) is 4.37. The zero-order chi connectivity index (χ0) is 29.9. The molecular formula is C28H35N7O6. The SMILES string of the molecule is CCn1nc(C)cc1-c1ncc(-c2cc(C(N)=O)cc(OCCCC3CN(C(=O)OC(C)(C)C)C3)c2[N+](=O)[O-])cn1. The van der Waals surface area contributed by atoms with Gasteiger partial charge in [0.1, 0.15) is 11.3 Å². The highest BCUT2D eigenvalue weighted by molar-refractivity contribution is 5.96. The van der Waals surface area contributed by atoms with Gasteiger partial charge in [0.25, 0.3) is 0 Å². The summed E-state index contributed by atoms with van der Waals surface area (Å²) in [5.74, 6) is -0.101. The Morgan fingerprint density at radius 3 is 2.44 bits per heavy atom. The molecule has 1 fully saturated rings. The van der Waals surface area contributed by atoms with Gasteiger partial charge in [0, 0.05) is 49.2 Å². The van der Waals surface area contributed by atoms with E-state index in [1.54, 1.807) is 9.58 Å². The molecule has 1 aliphatic rings. The standard InChI is InChI=1S/C28H35N7O6/c1-6-34-22(10-17(2)32-34)26-30-13-20(14-31-26)21-11-19(25(29)36)12-23(24(21)35(38)39)40-9-7-8-18-15-33(16-18)27(37)41-28(3,4)5/h10-14,18H,6-9,15-16H2,1-5H3,(H2,29,36). The number of carbonyl (C=O) groups excluding carboxylic acids is 2. The Bertz CT molecular complexity index is 1440. The minimum atomic E-state index is -0.748. The summed E-state index contributed by atoms with van der Waals surface area (Å²) in [7, 11) is 0. The van der Waals surface area contributed by atoms with Crippen LogP contribution >= 0.6 is 0 Å². The Morgan fingerprint density at radius 1 is 1.17 bits per heavy atom. The number of aryl methyl sites for hydroxylation is 2. The van der Waals surface area contributed by atoms with Crippen LogP contribution in [0.5, 0.6) is 5.75 Å². The molecule has 0 bridgehead atoms. The monoisotopic (exact) mass is 565 g/mol. The molecule has 3 heterocycles. The number of primary amides is 1. The van der Waals surface area contributed by atoms with Crippen LogP contribution in [0.2, 0.25) is 0 Å². The molecule has 0 aliphatic carbocycles. The number of rotatable bonds is 10. The van der Waals surface area contributed by atoms with Gasteiger partial charge in [-0.05, 0) is 65.5 Å². The van der Waals surface area contributed by atoms with Crippen LogP contribution in [0.1, 0.15) is 56.6 Å². The maximum absolute atomic E-state index is 12.2. The molecule has 1 aliphatic heterocycles. The van der Waals surface area contributed by atoms with Crippen molar-refractivity contribution in [3.63, 3.8) is 0 Å². The summed E-state index contributed by atoms with van der Waals surface area (Å²) < 4.78 is 13.0. The van der Waals surface area contributed by atoms with Gasteiger partial charge in [0.15, 0.2) is 11.6 Å². The fraction of sp³-hybridized carbons (Fsp3) is 0.464. The first-order valence-electron chi connectivity index (χ1n) is 13.5. The molecule has 0 spiro atoms. The minimum Gasteiger partial charge on any atom is -0.487 e. The van der Waals surface area contributed by atoms with Gasteiger partial charge in [-0.15, -0.1) is 0 Å². The van der Waals surface area contributed by atoms with Crippen molar-refractivity contribution < 1.29 is 24.0 Å². The van der Waals surface area contributed by atoms with Crippen LogP contribution in [0.25, 0.3) is 22.6 Å². The summed E-state index contributed by atoms with van der Waals surface area (Å²) in [5.41, 5.74) is 6.76. The molecule has 0 unspecified atom stereocenters. The lowest BCUT2D eigenvalue weighted by molar-refractivity contribution is -0.385. The van der Waals surface area contributed by atoms with Crippen molar-refractivity contribution in [2.45, 2.75) is 59.6 Å². The van der Waals surface area contributed by atoms with Gasteiger partial charge in [0.05, 0.1) is 22.8 Å². The fourth-order valence-corrected chi connectivity index (χ4v) is 4.62. The second kappa shape index (κ2) is 11.9. The van der Waals surface area contributed by atoms with Crippen molar-refractivity contribution in [1.29, 1.82) is 0 Å². The Balaban J connectivity index is 1.48. The third-order valence-corrected chi connectivity index (χ3v) is 6.56. The van der Waals surface area contributed by atoms with E-state index in [1.807, 2.05) is 40.7 Å². The zero-order valence-corrected chi connectivity index (χ0v) is 23.9. The normalized spacial score (nSPS) is 13.5. The number of aromatic nitrogens is 4. The van der Waals surface area contributed by atoms with Crippen LogP contribution in [0.4, 0.5) is 10.5 Å². The van der Waals surface area contributed by atoms with E-state index in [1.165, 1.54) is 24.5 Å². The number of nitro groups is 1. The lowest BCUT2D eigenvalue weighted by atomic mass is 9.95. The predicted molar refractivity (Wildman–Crippen MR) is 150 cm³/mol. The average Bonchev–Trinajstić information content (AvgIpc) is 3.26. The molecular weight excluding hydrogens is 530 g/mol. The first kappa shape index (κ1) is 29.4. The first-order chi connectivity index (χ1) is 19.4. The lowest BCUT2D eigenvalue weighted by Crippen LogP contribution is -2.51. The fourth-order valence-electron chi connectivity index (χ4n) is 4.62. The van der Waals surface area contributed by atoms with Crippen LogP contribution < -0.4 is 10.5 Å². The highest BCUT2D eigenvalue weighted by Gasteiger charge is 2.33. The molecule has 2 N–H and O–H groups in total. The number of likely N-dealkylation sites (tertiary alicyclic amines) is 1. The van der Waals surface area contributed by atoms with Crippen LogP contribution in [0.3, 0.4) is 0 Å². The number of amides is 2. The summed E-state index contributed by atoms with van der Waals surface area (Å²) in [6.45, 7) is 11.3. The summed E-state index contributed by atoms with van der Waals surface area (Å²) >= 11 is 0. The summed E-state index contributed by atoms with van der Waals surface area (Å²) in [6.07, 6.45) is 3.96. The lowest BCUT2D eigenvalue weighted by Gasteiger charge is -2.39. The summed E-state index contributed by atoms with van der Waals surface area (Å²) in [5, 5.41) is 16.6. The smallest absolute Gasteiger partial charge is 0.410 e. The van der Waals surface area contributed by atoms with Gasteiger partial charge in [-0.25, -0.2) is 14.8 Å². The third kappa shape index (κ3) is 6.97. The molecule has 4 rings (SSSR count). The number of benzene rings is 1. The number of nitrogens with zero attached hydrogens (tertiary/aromatic N) is 6. The molecule has 2 amide bonds. The molecule has 0 radical (unpaired) electrons. The number of nitro benzene ring substituents is 1. The molecule has 3 aromatic rings.